The molecule has 72 valence electrons. The molecule has 1 aromatic heterocycles. The van der Waals surface area contributed by atoms with Crippen molar-refractivity contribution in [2.24, 2.45) is 0 Å². The van der Waals surface area contributed by atoms with Crippen LogP contribution in [0.15, 0.2) is 18.3 Å². The third-order valence-electron chi connectivity index (χ3n) is 1.67. The Hall–Kier alpha value is -0.650. The molecule has 0 radical (unpaired) electrons. The van der Waals surface area contributed by atoms with E-state index in [9.17, 15) is 10.2 Å². The first-order valence-electron chi connectivity index (χ1n) is 3.78. The molecule has 0 aliphatic heterocycles. The number of nitrogen functional groups attached to an aromatic ring is 1. The largest absolute Gasteiger partial charge is 0.389 e. The highest BCUT2D eigenvalue weighted by atomic mass is 79.9. The number of aliphatic hydroxyl groups excluding tert-OH is 2. The lowest BCUT2D eigenvalue weighted by Crippen LogP contribution is -2.19. The molecule has 0 bridgehead atoms. The normalized spacial score (nSPS) is 15.3. The average molecular weight is 247 g/mol. The van der Waals surface area contributed by atoms with E-state index >= 15 is 0 Å². The van der Waals surface area contributed by atoms with E-state index in [2.05, 4.69) is 20.9 Å². The van der Waals surface area contributed by atoms with Gasteiger partial charge in [0.2, 0.25) is 0 Å². The van der Waals surface area contributed by atoms with Gasteiger partial charge in [-0.1, -0.05) is 22.0 Å². The molecule has 2 atom stereocenters. The van der Waals surface area contributed by atoms with Crippen LogP contribution in [0.2, 0.25) is 0 Å². The van der Waals surface area contributed by atoms with Crippen molar-refractivity contribution >= 4 is 21.7 Å². The third-order valence-corrected chi connectivity index (χ3v) is 2.34. The number of aromatic nitrogens is 1. The van der Waals surface area contributed by atoms with E-state index in [-0.39, 0.29) is 0 Å². The third kappa shape index (κ3) is 2.65. The van der Waals surface area contributed by atoms with Gasteiger partial charge in [-0.25, -0.2) is 4.98 Å². The maximum absolute atomic E-state index is 9.52. The van der Waals surface area contributed by atoms with Crippen molar-refractivity contribution in [1.29, 1.82) is 0 Å². The van der Waals surface area contributed by atoms with Gasteiger partial charge in [-0.15, -0.1) is 0 Å². The molecule has 0 saturated carbocycles. The molecule has 0 aliphatic rings. The Morgan fingerprint density at radius 1 is 1.46 bits per heavy atom. The highest BCUT2D eigenvalue weighted by molar-refractivity contribution is 9.09. The molecule has 0 aliphatic carbocycles. The molecule has 1 heterocycles. The lowest BCUT2D eigenvalue weighted by Gasteiger charge is -2.15. The van der Waals surface area contributed by atoms with Crippen LogP contribution in [0.25, 0.3) is 0 Å². The second-order valence-corrected chi connectivity index (χ2v) is 3.33. The number of aliphatic hydroxyl groups is 2. The van der Waals surface area contributed by atoms with E-state index in [0.717, 1.165) is 0 Å². The van der Waals surface area contributed by atoms with Crippen molar-refractivity contribution in [1.82, 2.24) is 4.98 Å². The molecule has 13 heavy (non-hydrogen) atoms. The van der Waals surface area contributed by atoms with Crippen molar-refractivity contribution in [2.45, 2.75) is 12.2 Å². The van der Waals surface area contributed by atoms with Gasteiger partial charge in [0.25, 0.3) is 0 Å². The van der Waals surface area contributed by atoms with Crippen molar-refractivity contribution in [3.8, 4) is 0 Å². The summed E-state index contributed by atoms with van der Waals surface area (Å²) >= 11 is 3.07. The van der Waals surface area contributed by atoms with E-state index in [1.165, 1.54) is 6.20 Å². The highest BCUT2D eigenvalue weighted by Crippen LogP contribution is 2.17. The first-order chi connectivity index (χ1) is 6.15. The number of hydrogen-bond donors (Lipinski definition) is 3. The number of nitrogens with two attached hydrogens (primary N) is 1. The Balaban J connectivity index is 2.77. The van der Waals surface area contributed by atoms with E-state index in [1.54, 1.807) is 12.1 Å². The lowest BCUT2D eigenvalue weighted by molar-refractivity contribution is 0.0341. The summed E-state index contributed by atoms with van der Waals surface area (Å²) in [5, 5.41) is 19.1. The van der Waals surface area contributed by atoms with Crippen LogP contribution in [0.1, 0.15) is 11.7 Å². The number of alkyl halides is 1. The zero-order valence-corrected chi connectivity index (χ0v) is 8.48. The van der Waals surface area contributed by atoms with Gasteiger partial charge in [-0.05, 0) is 6.07 Å². The molecule has 1 aromatic rings. The number of anilines is 1. The molecule has 0 aromatic carbocycles. The van der Waals surface area contributed by atoms with E-state index < -0.39 is 12.2 Å². The fraction of sp³-hybridized carbons (Fsp3) is 0.375. The van der Waals surface area contributed by atoms with Crippen LogP contribution in [0.3, 0.4) is 0 Å². The first kappa shape index (κ1) is 10.4. The van der Waals surface area contributed by atoms with E-state index in [1.807, 2.05) is 0 Å². The Morgan fingerprint density at radius 2 is 2.15 bits per heavy atom. The molecule has 4 N–H and O–H groups in total. The topological polar surface area (TPSA) is 79.4 Å². The van der Waals surface area contributed by atoms with Gasteiger partial charge < -0.3 is 15.9 Å². The monoisotopic (exact) mass is 246 g/mol. The molecule has 0 spiro atoms. The molecule has 0 amide bonds. The van der Waals surface area contributed by atoms with Crippen LogP contribution >= 0.6 is 15.9 Å². The summed E-state index contributed by atoms with van der Waals surface area (Å²) in [5.41, 5.74) is 5.93. The van der Waals surface area contributed by atoms with Crippen molar-refractivity contribution < 1.29 is 10.2 Å². The van der Waals surface area contributed by atoms with E-state index in [0.29, 0.717) is 16.7 Å². The molecule has 0 fully saturated rings. The predicted molar refractivity (Wildman–Crippen MR) is 53.4 cm³/mol. The lowest BCUT2D eigenvalue weighted by atomic mass is 10.1. The molecular formula is C8H11BrN2O2. The summed E-state index contributed by atoms with van der Waals surface area (Å²) < 4.78 is 0. The Kier molecular flexibility index (Phi) is 3.65. The standard InChI is InChI=1S/C8H11BrN2O2/c9-3-6(12)8(13)5-1-2-7(10)11-4-5/h1-2,4,6,8,12-13H,3H2,(H2,10,11). The summed E-state index contributed by atoms with van der Waals surface area (Å²) in [4.78, 5) is 3.81. The first-order valence-corrected chi connectivity index (χ1v) is 4.91. The number of halogens is 1. The maximum atomic E-state index is 9.52. The highest BCUT2D eigenvalue weighted by Gasteiger charge is 2.16. The second kappa shape index (κ2) is 4.55. The Bertz CT molecular complexity index is 265. The predicted octanol–water partition coefficient (Wildman–Crippen LogP) is 0.453. The zero-order chi connectivity index (χ0) is 9.84. The summed E-state index contributed by atoms with van der Waals surface area (Å²) in [6.07, 6.45) is -0.302. The van der Waals surface area contributed by atoms with Crippen molar-refractivity contribution in [3.63, 3.8) is 0 Å². The fourth-order valence-corrected chi connectivity index (χ4v) is 1.25. The Labute approximate surface area is 84.5 Å². The van der Waals surface area contributed by atoms with Gasteiger partial charge in [0, 0.05) is 17.1 Å². The quantitative estimate of drug-likeness (QED) is 0.677. The summed E-state index contributed by atoms with van der Waals surface area (Å²) in [7, 11) is 0. The summed E-state index contributed by atoms with van der Waals surface area (Å²) in [6.45, 7) is 0. The minimum atomic E-state index is -0.924. The fourth-order valence-electron chi connectivity index (χ4n) is 0.898. The van der Waals surface area contributed by atoms with Gasteiger partial charge in [0.1, 0.15) is 11.9 Å². The van der Waals surface area contributed by atoms with Crippen LogP contribution < -0.4 is 5.73 Å². The molecule has 4 nitrogen and oxygen atoms in total. The molecule has 2 unspecified atom stereocenters. The number of hydrogen-bond acceptors (Lipinski definition) is 4. The van der Waals surface area contributed by atoms with Crippen LogP contribution in [-0.2, 0) is 0 Å². The minimum absolute atomic E-state index is 0.318. The van der Waals surface area contributed by atoms with E-state index in [4.69, 9.17) is 5.73 Å². The summed E-state index contributed by atoms with van der Waals surface area (Å²) in [5.74, 6) is 0.393. The molecular weight excluding hydrogens is 236 g/mol. The van der Waals surface area contributed by atoms with Crippen molar-refractivity contribution in [2.75, 3.05) is 11.1 Å². The van der Waals surface area contributed by atoms with Crippen LogP contribution in [0.4, 0.5) is 5.82 Å². The zero-order valence-electron chi connectivity index (χ0n) is 6.89. The second-order valence-electron chi connectivity index (χ2n) is 2.68. The van der Waals surface area contributed by atoms with Crippen molar-refractivity contribution in [3.05, 3.63) is 23.9 Å². The molecule has 1 rings (SSSR count). The maximum Gasteiger partial charge on any atom is 0.123 e. The van der Waals surface area contributed by atoms with Gasteiger partial charge >= 0.3 is 0 Å². The number of rotatable bonds is 3. The molecule has 0 saturated heterocycles. The molecule has 5 heteroatoms. The average Bonchev–Trinajstić information content (AvgIpc) is 2.17. The minimum Gasteiger partial charge on any atom is -0.389 e. The van der Waals surface area contributed by atoms with Crippen LogP contribution in [0.5, 0.6) is 0 Å². The van der Waals surface area contributed by atoms with Gasteiger partial charge in [-0.2, -0.15) is 0 Å². The van der Waals surface area contributed by atoms with Crippen LogP contribution in [0, 0.1) is 0 Å². The number of nitrogens with zero attached hydrogens (tertiary/aromatic N) is 1. The summed E-state index contributed by atoms with van der Waals surface area (Å²) in [6, 6.07) is 3.22. The van der Waals surface area contributed by atoms with Crippen LogP contribution in [-0.4, -0.2) is 26.6 Å². The SMILES string of the molecule is Nc1ccc(C(O)C(O)CBr)cn1. The van der Waals surface area contributed by atoms with Gasteiger partial charge in [0.05, 0.1) is 6.10 Å². The smallest absolute Gasteiger partial charge is 0.123 e. The van der Waals surface area contributed by atoms with Gasteiger partial charge in [-0.3, -0.25) is 0 Å². The number of pyridine rings is 1. The van der Waals surface area contributed by atoms with Gasteiger partial charge in [0.15, 0.2) is 0 Å². The Morgan fingerprint density at radius 3 is 2.62 bits per heavy atom.